The highest BCUT2D eigenvalue weighted by Crippen LogP contribution is 2.28. The molecule has 27 heavy (non-hydrogen) atoms. The van der Waals surface area contributed by atoms with Gasteiger partial charge in [0, 0.05) is 11.3 Å². The molecule has 0 bridgehead atoms. The number of amides is 1. The number of aryl methyl sites for hydroxylation is 1. The van der Waals surface area contributed by atoms with Crippen molar-refractivity contribution in [3.63, 3.8) is 0 Å². The topological polar surface area (TPSA) is 71.6 Å². The van der Waals surface area contributed by atoms with Gasteiger partial charge in [-0.1, -0.05) is 25.1 Å². The van der Waals surface area contributed by atoms with Crippen LogP contribution < -0.4 is 25.6 Å². The van der Waals surface area contributed by atoms with Crippen molar-refractivity contribution < 1.29 is 14.3 Å². The highest BCUT2D eigenvalue weighted by atomic mass is 32.1. The van der Waals surface area contributed by atoms with E-state index < -0.39 is 0 Å². The minimum Gasteiger partial charge on any atom is -0.493 e. The van der Waals surface area contributed by atoms with Gasteiger partial charge >= 0.3 is 0 Å². The molecule has 144 valence electrons. The van der Waals surface area contributed by atoms with Crippen LogP contribution in [0.2, 0.25) is 0 Å². The second-order valence-electron chi connectivity index (χ2n) is 6.08. The van der Waals surface area contributed by atoms with Crippen molar-refractivity contribution in [3.05, 3.63) is 53.6 Å². The maximum absolute atomic E-state index is 12.4. The van der Waals surface area contributed by atoms with Crippen LogP contribution >= 0.6 is 12.2 Å². The maximum Gasteiger partial charge on any atom is 0.269 e. The SMILES string of the molecule is CCc1ccccc1NC(=S)NNC(=O)c1ccc(OC(C)C)c(OC)c1. The van der Waals surface area contributed by atoms with Crippen LogP contribution in [0.4, 0.5) is 5.69 Å². The Hall–Kier alpha value is -2.80. The second-order valence-corrected chi connectivity index (χ2v) is 6.48. The second kappa shape index (κ2) is 9.78. The lowest BCUT2D eigenvalue weighted by molar-refractivity contribution is 0.0943. The van der Waals surface area contributed by atoms with Crippen LogP contribution in [0, 0.1) is 0 Å². The predicted molar refractivity (Wildman–Crippen MR) is 111 cm³/mol. The smallest absolute Gasteiger partial charge is 0.269 e. The number of thiocarbonyl (C=S) groups is 1. The molecule has 0 heterocycles. The largest absolute Gasteiger partial charge is 0.493 e. The minimum absolute atomic E-state index is 0.00897. The molecule has 6 nitrogen and oxygen atoms in total. The number of hydrogen-bond donors (Lipinski definition) is 3. The van der Waals surface area contributed by atoms with Gasteiger partial charge in [-0.05, 0) is 62.3 Å². The highest BCUT2D eigenvalue weighted by molar-refractivity contribution is 7.80. The molecule has 0 aliphatic carbocycles. The Labute approximate surface area is 165 Å². The molecule has 0 saturated carbocycles. The Morgan fingerprint density at radius 2 is 1.85 bits per heavy atom. The summed E-state index contributed by atoms with van der Waals surface area (Å²) in [5.74, 6) is 0.747. The molecule has 1 amide bonds. The van der Waals surface area contributed by atoms with Gasteiger partial charge in [-0.3, -0.25) is 15.6 Å². The van der Waals surface area contributed by atoms with E-state index in [0.717, 1.165) is 17.7 Å². The van der Waals surface area contributed by atoms with Crippen molar-refractivity contribution in [1.29, 1.82) is 0 Å². The average Bonchev–Trinajstić information content (AvgIpc) is 2.66. The van der Waals surface area contributed by atoms with E-state index in [9.17, 15) is 4.79 Å². The van der Waals surface area contributed by atoms with Gasteiger partial charge < -0.3 is 14.8 Å². The number of para-hydroxylation sites is 1. The van der Waals surface area contributed by atoms with E-state index in [1.165, 1.54) is 7.11 Å². The molecule has 2 rings (SSSR count). The quantitative estimate of drug-likeness (QED) is 0.519. The molecular formula is C20H25N3O3S. The summed E-state index contributed by atoms with van der Waals surface area (Å²) in [5, 5.41) is 3.38. The summed E-state index contributed by atoms with van der Waals surface area (Å²) in [6.07, 6.45) is 0.887. The lowest BCUT2D eigenvalue weighted by atomic mass is 10.1. The van der Waals surface area contributed by atoms with Gasteiger partial charge in [0.05, 0.1) is 13.2 Å². The molecular weight excluding hydrogens is 362 g/mol. The molecule has 0 fully saturated rings. The van der Waals surface area contributed by atoms with E-state index in [1.807, 2.05) is 38.1 Å². The molecule has 0 radical (unpaired) electrons. The average molecular weight is 388 g/mol. The zero-order chi connectivity index (χ0) is 19.8. The van der Waals surface area contributed by atoms with Gasteiger partial charge in [0.15, 0.2) is 16.6 Å². The van der Waals surface area contributed by atoms with Crippen LogP contribution in [0.1, 0.15) is 36.7 Å². The Morgan fingerprint density at radius 1 is 1.11 bits per heavy atom. The van der Waals surface area contributed by atoms with Crippen molar-refractivity contribution in [3.8, 4) is 11.5 Å². The summed E-state index contributed by atoms with van der Waals surface area (Å²) >= 11 is 5.25. The zero-order valence-electron chi connectivity index (χ0n) is 16.0. The van der Waals surface area contributed by atoms with Gasteiger partial charge in [-0.2, -0.15) is 0 Å². The Balaban J connectivity index is 1.97. The van der Waals surface area contributed by atoms with E-state index >= 15 is 0 Å². The highest BCUT2D eigenvalue weighted by Gasteiger charge is 2.12. The fourth-order valence-electron chi connectivity index (χ4n) is 2.45. The summed E-state index contributed by atoms with van der Waals surface area (Å²) in [4.78, 5) is 12.4. The van der Waals surface area contributed by atoms with Gasteiger partial charge in [0.1, 0.15) is 0 Å². The third-order valence-electron chi connectivity index (χ3n) is 3.72. The summed E-state index contributed by atoms with van der Waals surface area (Å²) in [5.41, 5.74) is 7.76. The minimum atomic E-state index is -0.336. The zero-order valence-corrected chi connectivity index (χ0v) is 16.8. The number of nitrogens with one attached hydrogen (secondary N) is 3. The summed E-state index contributed by atoms with van der Waals surface area (Å²) < 4.78 is 11.0. The number of anilines is 1. The number of carbonyl (C=O) groups excluding carboxylic acids is 1. The molecule has 0 spiro atoms. The van der Waals surface area contributed by atoms with Gasteiger partial charge in [-0.25, -0.2) is 0 Å². The number of ether oxygens (including phenoxy) is 2. The molecule has 0 unspecified atom stereocenters. The van der Waals surface area contributed by atoms with Gasteiger partial charge in [0.25, 0.3) is 5.91 Å². The number of rotatable bonds is 6. The molecule has 0 aliphatic heterocycles. The standard InChI is InChI=1S/C20H25N3O3S/c1-5-14-8-6-7-9-16(14)21-20(27)23-22-19(24)15-10-11-17(26-13(2)3)18(12-15)25-4/h6-13H,5H2,1-4H3,(H,22,24)(H2,21,23,27). The summed E-state index contributed by atoms with van der Waals surface area (Å²) in [7, 11) is 1.53. The number of hydrogen-bond acceptors (Lipinski definition) is 4. The molecule has 3 N–H and O–H groups in total. The van der Waals surface area contributed by atoms with E-state index in [2.05, 4.69) is 23.1 Å². The van der Waals surface area contributed by atoms with Crippen LogP contribution in [0.3, 0.4) is 0 Å². The van der Waals surface area contributed by atoms with Crippen LogP contribution in [-0.2, 0) is 6.42 Å². The fraction of sp³-hybridized carbons (Fsp3) is 0.300. The Kier molecular flexibility index (Phi) is 7.43. The van der Waals surface area contributed by atoms with Crippen LogP contribution in [0.15, 0.2) is 42.5 Å². The third kappa shape index (κ3) is 5.86. The normalized spacial score (nSPS) is 10.3. The van der Waals surface area contributed by atoms with Crippen molar-refractivity contribution >= 4 is 28.9 Å². The van der Waals surface area contributed by atoms with Crippen molar-refractivity contribution in [1.82, 2.24) is 10.9 Å². The summed E-state index contributed by atoms with van der Waals surface area (Å²) in [6.45, 7) is 5.92. The third-order valence-corrected chi connectivity index (χ3v) is 3.93. The van der Waals surface area contributed by atoms with E-state index in [1.54, 1.807) is 18.2 Å². The molecule has 0 atom stereocenters. The molecule has 0 saturated heterocycles. The predicted octanol–water partition coefficient (Wildman–Crippen LogP) is 3.68. The number of methoxy groups -OCH3 is 1. The first-order valence-corrected chi connectivity index (χ1v) is 9.15. The van der Waals surface area contributed by atoms with Crippen molar-refractivity contribution in [2.75, 3.05) is 12.4 Å². The van der Waals surface area contributed by atoms with E-state index in [4.69, 9.17) is 21.7 Å². The van der Waals surface area contributed by atoms with Crippen LogP contribution in [-0.4, -0.2) is 24.2 Å². The van der Waals surface area contributed by atoms with Crippen molar-refractivity contribution in [2.24, 2.45) is 0 Å². The Morgan fingerprint density at radius 3 is 2.52 bits per heavy atom. The lowest BCUT2D eigenvalue weighted by Crippen LogP contribution is -2.43. The molecule has 2 aromatic carbocycles. The maximum atomic E-state index is 12.4. The first-order chi connectivity index (χ1) is 12.9. The molecule has 0 aliphatic rings. The van der Waals surface area contributed by atoms with Crippen LogP contribution in [0.25, 0.3) is 0 Å². The number of carbonyl (C=O) groups is 1. The van der Waals surface area contributed by atoms with Gasteiger partial charge in [0.2, 0.25) is 0 Å². The first-order valence-electron chi connectivity index (χ1n) is 8.74. The van der Waals surface area contributed by atoms with Crippen LogP contribution in [0.5, 0.6) is 11.5 Å². The summed E-state index contributed by atoms with van der Waals surface area (Å²) in [6, 6.07) is 12.9. The van der Waals surface area contributed by atoms with E-state index in [-0.39, 0.29) is 12.0 Å². The monoisotopic (exact) mass is 387 g/mol. The molecule has 0 aromatic heterocycles. The molecule has 2 aromatic rings. The fourth-order valence-corrected chi connectivity index (χ4v) is 2.61. The molecule has 7 heteroatoms. The number of hydrazine groups is 1. The Bertz CT molecular complexity index is 809. The lowest BCUT2D eigenvalue weighted by Gasteiger charge is -2.16. The van der Waals surface area contributed by atoms with E-state index in [0.29, 0.717) is 22.2 Å². The van der Waals surface area contributed by atoms with Crippen molar-refractivity contribution in [2.45, 2.75) is 33.3 Å². The number of benzene rings is 2. The first kappa shape index (κ1) is 20.5. The van der Waals surface area contributed by atoms with Gasteiger partial charge in [-0.15, -0.1) is 0 Å².